The molecular formula is C17H22BrNO2S. The van der Waals surface area contributed by atoms with Gasteiger partial charge in [0.05, 0.1) is 6.04 Å². The van der Waals surface area contributed by atoms with Crippen LogP contribution in [0.25, 0.3) is 11.0 Å². The molecule has 120 valence electrons. The van der Waals surface area contributed by atoms with Crippen LogP contribution in [-0.2, 0) is 4.79 Å². The van der Waals surface area contributed by atoms with Crippen LogP contribution in [0.1, 0.15) is 37.6 Å². The molecule has 0 aliphatic heterocycles. The van der Waals surface area contributed by atoms with E-state index in [1.54, 1.807) is 4.90 Å². The molecule has 1 atom stereocenters. The van der Waals surface area contributed by atoms with Gasteiger partial charge in [-0.1, -0.05) is 29.8 Å². The summed E-state index contributed by atoms with van der Waals surface area (Å²) in [6.45, 7) is 6.23. The first kappa shape index (κ1) is 17.4. The first-order valence-electron chi connectivity index (χ1n) is 7.41. The van der Waals surface area contributed by atoms with Crippen LogP contribution in [0.15, 0.2) is 27.1 Å². The Labute approximate surface area is 145 Å². The van der Waals surface area contributed by atoms with Gasteiger partial charge < -0.3 is 9.32 Å². The Balaban J connectivity index is 2.45. The molecule has 0 radical (unpaired) electrons. The van der Waals surface area contributed by atoms with Crippen LogP contribution in [0.2, 0.25) is 0 Å². The number of amides is 1. The molecule has 0 spiro atoms. The number of fused-ring (bicyclic) bond motifs is 1. The number of nitrogens with zero attached hydrogens (tertiary/aromatic N) is 1. The standard InChI is InChI=1S/C17H22BrNO2S/c1-10(2)16(19(4)15(20)5-6-22)14-9-12-8-13(18)7-11(3)17(12)21-14/h7-10,16,22H,5-6H2,1-4H3. The number of thiol groups is 1. The molecular weight excluding hydrogens is 362 g/mol. The molecule has 1 aromatic carbocycles. The molecule has 2 rings (SSSR count). The number of hydrogen-bond donors (Lipinski definition) is 1. The highest BCUT2D eigenvalue weighted by Gasteiger charge is 2.27. The SMILES string of the molecule is Cc1cc(Br)cc2cc(C(C(C)C)N(C)C(=O)CCS)oc12. The minimum Gasteiger partial charge on any atom is -0.459 e. The Morgan fingerprint density at radius 1 is 1.36 bits per heavy atom. The normalized spacial score (nSPS) is 12.9. The van der Waals surface area contributed by atoms with Crippen LogP contribution in [0.3, 0.4) is 0 Å². The van der Waals surface area contributed by atoms with Crippen LogP contribution in [0.4, 0.5) is 0 Å². The van der Waals surface area contributed by atoms with Crippen molar-refractivity contribution in [3.05, 3.63) is 34.0 Å². The van der Waals surface area contributed by atoms with E-state index in [1.165, 1.54) is 0 Å². The third-order valence-corrected chi connectivity index (χ3v) is 4.53. The van der Waals surface area contributed by atoms with E-state index in [1.807, 2.05) is 32.2 Å². The molecule has 5 heteroatoms. The van der Waals surface area contributed by atoms with Crippen molar-refractivity contribution in [1.82, 2.24) is 4.90 Å². The lowest BCUT2D eigenvalue weighted by Gasteiger charge is -2.29. The Morgan fingerprint density at radius 3 is 2.64 bits per heavy atom. The van der Waals surface area contributed by atoms with Gasteiger partial charge in [0.2, 0.25) is 5.91 Å². The number of benzene rings is 1. The van der Waals surface area contributed by atoms with E-state index in [0.29, 0.717) is 12.2 Å². The molecule has 3 nitrogen and oxygen atoms in total. The molecule has 0 saturated heterocycles. The molecule has 0 N–H and O–H groups in total. The largest absolute Gasteiger partial charge is 0.459 e. The van der Waals surface area contributed by atoms with Crippen LogP contribution in [0, 0.1) is 12.8 Å². The van der Waals surface area contributed by atoms with Gasteiger partial charge in [0.15, 0.2) is 0 Å². The van der Waals surface area contributed by atoms with Crippen molar-refractivity contribution < 1.29 is 9.21 Å². The highest BCUT2D eigenvalue weighted by atomic mass is 79.9. The minimum absolute atomic E-state index is 0.0713. The van der Waals surface area contributed by atoms with Crippen molar-refractivity contribution in [2.24, 2.45) is 5.92 Å². The van der Waals surface area contributed by atoms with Gasteiger partial charge >= 0.3 is 0 Å². The van der Waals surface area contributed by atoms with Crippen LogP contribution < -0.4 is 0 Å². The Morgan fingerprint density at radius 2 is 2.05 bits per heavy atom. The number of hydrogen-bond acceptors (Lipinski definition) is 3. The van der Waals surface area contributed by atoms with Crippen molar-refractivity contribution in [3.8, 4) is 0 Å². The smallest absolute Gasteiger partial charge is 0.223 e. The molecule has 22 heavy (non-hydrogen) atoms. The summed E-state index contributed by atoms with van der Waals surface area (Å²) in [6.07, 6.45) is 0.438. The van der Waals surface area contributed by atoms with Gasteiger partial charge in [0.1, 0.15) is 11.3 Å². The van der Waals surface area contributed by atoms with E-state index in [-0.39, 0.29) is 17.9 Å². The Kier molecular flexibility index (Phi) is 5.61. The molecule has 0 bridgehead atoms. The van der Waals surface area contributed by atoms with Crippen molar-refractivity contribution in [3.63, 3.8) is 0 Å². The zero-order valence-electron chi connectivity index (χ0n) is 13.4. The molecule has 0 aliphatic carbocycles. The van der Waals surface area contributed by atoms with E-state index in [4.69, 9.17) is 4.42 Å². The van der Waals surface area contributed by atoms with Crippen molar-refractivity contribution in [1.29, 1.82) is 0 Å². The maximum Gasteiger partial charge on any atom is 0.223 e. The number of aryl methyl sites for hydroxylation is 1. The average Bonchev–Trinajstić information content (AvgIpc) is 2.82. The van der Waals surface area contributed by atoms with Gasteiger partial charge in [-0.25, -0.2) is 0 Å². The predicted octanol–water partition coefficient (Wildman–Crippen LogP) is 4.98. The van der Waals surface area contributed by atoms with Crippen molar-refractivity contribution in [2.45, 2.75) is 33.2 Å². The van der Waals surface area contributed by atoms with Crippen LogP contribution >= 0.6 is 28.6 Å². The molecule has 1 aromatic heterocycles. The summed E-state index contributed by atoms with van der Waals surface area (Å²) in [6, 6.07) is 6.05. The maximum atomic E-state index is 12.2. The Hall–Kier alpha value is -0.940. The van der Waals surface area contributed by atoms with E-state index >= 15 is 0 Å². The summed E-state index contributed by atoms with van der Waals surface area (Å²) in [5.74, 6) is 1.74. The fourth-order valence-corrected chi connectivity index (χ4v) is 3.62. The van der Waals surface area contributed by atoms with E-state index in [9.17, 15) is 4.79 Å². The number of carbonyl (C=O) groups is 1. The van der Waals surface area contributed by atoms with Gasteiger partial charge in [-0.3, -0.25) is 4.79 Å². The number of rotatable bonds is 5. The monoisotopic (exact) mass is 383 g/mol. The summed E-state index contributed by atoms with van der Waals surface area (Å²) < 4.78 is 7.13. The van der Waals surface area contributed by atoms with E-state index < -0.39 is 0 Å². The lowest BCUT2D eigenvalue weighted by molar-refractivity contribution is -0.132. The van der Waals surface area contributed by atoms with Gasteiger partial charge in [0.25, 0.3) is 0 Å². The van der Waals surface area contributed by atoms with Crippen LogP contribution in [-0.4, -0.2) is 23.6 Å². The molecule has 1 amide bonds. The molecule has 0 saturated carbocycles. The van der Waals surface area contributed by atoms with Gasteiger partial charge in [-0.2, -0.15) is 12.6 Å². The zero-order valence-corrected chi connectivity index (χ0v) is 15.9. The molecule has 1 unspecified atom stereocenters. The molecule has 0 aliphatic rings. The molecule has 1 heterocycles. The summed E-state index contributed by atoms with van der Waals surface area (Å²) in [5.41, 5.74) is 1.97. The summed E-state index contributed by atoms with van der Waals surface area (Å²) in [5, 5.41) is 1.06. The first-order chi connectivity index (χ1) is 10.3. The average molecular weight is 384 g/mol. The minimum atomic E-state index is -0.0713. The maximum absolute atomic E-state index is 12.2. The quantitative estimate of drug-likeness (QED) is 0.738. The van der Waals surface area contributed by atoms with Crippen molar-refractivity contribution >= 4 is 45.4 Å². The second-order valence-electron chi connectivity index (χ2n) is 5.96. The van der Waals surface area contributed by atoms with Crippen molar-refractivity contribution in [2.75, 3.05) is 12.8 Å². The predicted molar refractivity (Wildman–Crippen MR) is 97.5 cm³/mol. The highest BCUT2D eigenvalue weighted by Crippen LogP contribution is 2.34. The number of carbonyl (C=O) groups excluding carboxylic acids is 1. The third kappa shape index (κ3) is 3.51. The fourth-order valence-electron chi connectivity index (χ4n) is 2.84. The van der Waals surface area contributed by atoms with E-state index in [2.05, 4.69) is 42.4 Å². The van der Waals surface area contributed by atoms with Crippen LogP contribution in [0.5, 0.6) is 0 Å². The van der Waals surface area contributed by atoms with Gasteiger partial charge in [0, 0.05) is 23.3 Å². The lowest BCUT2D eigenvalue weighted by atomic mass is 9.99. The Bertz CT molecular complexity index is 681. The topological polar surface area (TPSA) is 33.5 Å². The highest BCUT2D eigenvalue weighted by molar-refractivity contribution is 9.10. The van der Waals surface area contributed by atoms with Gasteiger partial charge in [-0.15, -0.1) is 0 Å². The first-order valence-corrected chi connectivity index (χ1v) is 8.83. The second-order valence-corrected chi connectivity index (χ2v) is 7.32. The number of furan rings is 1. The summed E-state index contributed by atoms with van der Waals surface area (Å²) in [4.78, 5) is 14.0. The summed E-state index contributed by atoms with van der Waals surface area (Å²) >= 11 is 7.67. The lowest BCUT2D eigenvalue weighted by Crippen LogP contribution is -2.34. The number of halogens is 1. The summed E-state index contributed by atoms with van der Waals surface area (Å²) in [7, 11) is 1.84. The van der Waals surface area contributed by atoms with Gasteiger partial charge in [-0.05, 0) is 42.4 Å². The van der Waals surface area contributed by atoms with E-state index in [0.717, 1.165) is 26.8 Å². The molecule has 2 aromatic rings. The second kappa shape index (κ2) is 7.09. The zero-order chi connectivity index (χ0) is 16.4. The fraction of sp³-hybridized carbons (Fsp3) is 0.471. The molecule has 0 fully saturated rings. The third-order valence-electron chi connectivity index (χ3n) is 3.85.